The third-order valence-electron chi connectivity index (χ3n) is 7.56. The van der Waals surface area contributed by atoms with Crippen molar-refractivity contribution in [3.63, 3.8) is 0 Å². The van der Waals surface area contributed by atoms with E-state index in [4.69, 9.17) is 4.74 Å². The van der Waals surface area contributed by atoms with Gasteiger partial charge in [-0.1, -0.05) is 69.8 Å². The zero-order valence-electron chi connectivity index (χ0n) is 26.8. The molecule has 0 atom stereocenters. The molecule has 1 saturated heterocycles. The molecule has 0 bridgehead atoms. The number of methoxy groups -OCH3 is 1. The SMILES string of the molecule is COc1ccc(C(C)C)c(N2CCS/C2=N\C(=O)NCC(C)(C)Cc2ccc(-c3ncn(-c4ccc(OC(F)(F)F)cc4)n3)cc2)c1. The number of ether oxygens (including phenoxy) is 2. The van der Waals surface area contributed by atoms with E-state index in [1.165, 1.54) is 40.8 Å². The molecule has 3 aromatic carbocycles. The Hall–Kier alpha value is -4.52. The summed E-state index contributed by atoms with van der Waals surface area (Å²) < 4.78 is 48.2. The van der Waals surface area contributed by atoms with Crippen LogP contribution in [0.5, 0.6) is 11.5 Å². The monoisotopic (exact) mass is 666 g/mol. The summed E-state index contributed by atoms with van der Waals surface area (Å²) in [6, 6.07) is 18.9. The number of hydrogen-bond acceptors (Lipinski definition) is 6. The third kappa shape index (κ3) is 8.85. The molecule has 2 amide bonds. The lowest BCUT2D eigenvalue weighted by Crippen LogP contribution is -2.35. The molecular formula is C34H37F3N6O3S. The van der Waals surface area contributed by atoms with Gasteiger partial charge in [-0.25, -0.2) is 14.5 Å². The average molecular weight is 667 g/mol. The Balaban J connectivity index is 1.18. The zero-order valence-corrected chi connectivity index (χ0v) is 27.7. The first-order valence-corrected chi connectivity index (χ1v) is 16.1. The highest BCUT2D eigenvalue weighted by Crippen LogP contribution is 2.35. The van der Waals surface area contributed by atoms with E-state index in [9.17, 15) is 18.0 Å². The number of amidine groups is 1. The summed E-state index contributed by atoms with van der Waals surface area (Å²) in [4.78, 5) is 23.8. The fraction of sp³-hybridized carbons (Fsp3) is 0.353. The van der Waals surface area contributed by atoms with Crippen molar-refractivity contribution in [2.45, 2.75) is 46.4 Å². The van der Waals surface area contributed by atoms with Gasteiger partial charge in [0.1, 0.15) is 17.8 Å². The van der Waals surface area contributed by atoms with E-state index in [0.29, 0.717) is 35.6 Å². The van der Waals surface area contributed by atoms with Gasteiger partial charge >= 0.3 is 12.4 Å². The van der Waals surface area contributed by atoms with Gasteiger partial charge in [0.2, 0.25) is 0 Å². The molecule has 2 heterocycles. The third-order valence-corrected chi connectivity index (χ3v) is 8.52. The Labute approximate surface area is 276 Å². The van der Waals surface area contributed by atoms with E-state index in [-0.39, 0.29) is 17.2 Å². The quantitative estimate of drug-likeness (QED) is 0.184. The largest absolute Gasteiger partial charge is 0.573 e. The smallest absolute Gasteiger partial charge is 0.497 e. The minimum atomic E-state index is -4.75. The maximum atomic E-state index is 13.0. The van der Waals surface area contributed by atoms with Gasteiger partial charge in [-0.15, -0.1) is 18.3 Å². The molecule has 4 aromatic rings. The number of alkyl halides is 3. The average Bonchev–Trinajstić information content (AvgIpc) is 3.70. The van der Waals surface area contributed by atoms with Crippen molar-refractivity contribution in [2.24, 2.45) is 10.4 Å². The number of nitrogens with zero attached hydrogens (tertiary/aromatic N) is 5. The van der Waals surface area contributed by atoms with Crippen molar-refractivity contribution in [2.75, 3.05) is 30.9 Å². The summed E-state index contributed by atoms with van der Waals surface area (Å²) in [7, 11) is 1.65. The van der Waals surface area contributed by atoms with Gasteiger partial charge < -0.3 is 19.7 Å². The molecule has 0 spiro atoms. The number of urea groups is 1. The maximum absolute atomic E-state index is 13.0. The Bertz CT molecular complexity index is 1720. The molecule has 0 unspecified atom stereocenters. The molecule has 1 aliphatic heterocycles. The fourth-order valence-electron chi connectivity index (χ4n) is 5.24. The Morgan fingerprint density at radius 2 is 1.74 bits per heavy atom. The van der Waals surface area contributed by atoms with Crippen LogP contribution >= 0.6 is 11.8 Å². The lowest BCUT2D eigenvalue weighted by molar-refractivity contribution is -0.274. The molecule has 1 aliphatic rings. The second-order valence-electron chi connectivity index (χ2n) is 12.2. The van der Waals surface area contributed by atoms with E-state index in [1.807, 2.05) is 36.4 Å². The molecule has 9 nitrogen and oxygen atoms in total. The number of aromatic nitrogens is 3. The number of anilines is 1. The second kappa shape index (κ2) is 14.1. The topological polar surface area (TPSA) is 93.9 Å². The predicted molar refractivity (Wildman–Crippen MR) is 179 cm³/mol. The summed E-state index contributed by atoms with van der Waals surface area (Å²) in [5.41, 5.74) is 4.35. The summed E-state index contributed by atoms with van der Waals surface area (Å²) in [6.45, 7) is 9.66. The molecule has 13 heteroatoms. The van der Waals surface area contributed by atoms with Gasteiger partial charge in [0.15, 0.2) is 11.0 Å². The summed E-state index contributed by atoms with van der Waals surface area (Å²) >= 11 is 1.57. The van der Waals surface area contributed by atoms with Crippen LogP contribution in [-0.4, -0.2) is 58.3 Å². The number of halogens is 3. The first kappa shape index (κ1) is 33.8. The van der Waals surface area contributed by atoms with Crippen molar-refractivity contribution in [1.82, 2.24) is 20.1 Å². The van der Waals surface area contributed by atoms with Gasteiger partial charge in [0.25, 0.3) is 0 Å². The van der Waals surface area contributed by atoms with Gasteiger partial charge in [-0.2, -0.15) is 4.99 Å². The van der Waals surface area contributed by atoms with Crippen molar-refractivity contribution in [3.8, 4) is 28.6 Å². The first-order chi connectivity index (χ1) is 22.3. The van der Waals surface area contributed by atoms with Gasteiger partial charge in [-0.05, 0) is 59.2 Å². The van der Waals surface area contributed by atoms with Crippen LogP contribution in [0, 0.1) is 5.41 Å². The normalized spacial score (nSPS) is 14.6. The minimum Gasteiger partial charge on any atom is -0.497 e. The summed E-state index contributed by atoms with van der Waals surface area (Å²) in [6.07, 6.45) is -2.54. The molecule has 5 rings (SSSR count). The molecule has 1 aromatic heterocycles. The van der Waals surface area contributed by atoms with Crippen molar-refractivity contribution < 1.29 is 27.4 Å². The van der Waals surface area contributed by atoms with E-state index < -0.39 is 6.36 Å². The van der Waals surface area contributed by atoms with Crippen LogP contribution in [0.4, 0.5) is 23.7 Å². The van der Waals surface area contributed by atoms with E-state index in [1.54, 1.807) is 18.9 Å². The number of thioether (sulfide) groups is 1. The Morgan fingerprint density at radius 3 is 2.40 bits per heavy atom. The van der Waals surface area contributed by atoms with Crippen LogP contribution in [0.2, 0.25) is 0 Å². The highest BCUT2D eigenvalue weighted by molar-refractivity contribution is 8.14. The molecule has 47 heavy (non-hydrogen) atoms. The number of rotatable bonds is 10. The molecular weight excluding hydrogens is 629 g/mol. The lowest BCUT2D eigenvalue weighted by Gasteiger charge is -2.25. The van der Waals surface area contributed by atoms with Gasteiger partial charge in [-0.3, -0.25) is 0 Å². The zero-order chi connectivity index (χ0) is 33.8. The molecule has 1 N–H and O–H groups in total. The molecule has 248 valence electrons. The number of carbonyl (C=O) groups excluding carboxylic acids is 1. The van der Waals surface area contributed by atoms with E-state index in [2.05, 4.69) is 63.8 Å². The molecule has 1 fully saturated rings. The highest BCUT2D eigenvalue weighted by Gasteiger charge is 2.31. The van der Waals surface area contributed by atoms with Crippen LogP contribution in [0.1, 0.15) is 44.7 Å². The number of nitrogens with one attached hydrogen (secondary N) is 1. The highest BCUT2D eigenvalue weighted by atomic mass is 32.2. The molecule has 0 radical (unpaired) electrons. The Morgan fingerprint density at radius 1 is 1.04 bits per heavy atom. The van der Waals surface area contributed by atoms with E-state index in [0.717, 1.165) is 34.9 Å². The van der Waals surface area contributed by atoms with Crippen LogP contribution in [-0.2, 0) is 6.42 Å². The lowest BCUT2D eigenvalue weighted by atomic mass is 9.85. The first-order valence-electron chi connectivity index (χ1n) is 15.1. The fourth-order valence-corrected chi connectivity index (χ4v) is 6.19. The number of benzene rings is 3. The predicted octanol–water partition coefficient (Wildman–Crippen LogP) is 7.85. The van der Waals surface area contributed by atoms with Crippen molar-refractivity contribution in [1.29, 1.82) is 0 Å². The second-order valence-corrected chi connectivity index (χ2v) is 13.3. The summed E-state index contributed by atoms with van der Waals surface area (Å²) in [5, 5.41) is 8.14. The van der Waals surface area contributed by atoms with Crippen molar-refractivity contribution >= 4 is 28.6 Å². The number of carbonyl (C=O) groups is 1. The standard InChI is InChI=1S/C34H37F3N6O3S/c1-22(2)28-15-14-27(45-5)18-29(28)42-16-17-47-32(42)40-31(44)38-20-33(3,4)19-23-6-8-24(9-7-23)30-39-21-43(41-30)25-10-12-26(13-11-25)46-34(35,36)37/h6-15,18,21-22H,16-17,19-20H2,1-5H3,(H,38,44)/b40-32-. The van der Waals surface area contributed by atoms with Gasteiger partial charge in [0.05, 0.1) is 12.8 Å². The number of aliphatic imine (C=N–C) groups is 1. The summed E-state index contributed by atoms with van der Waals surface area (Å²) in [5.74, 6) is 2.07. The van der Waals surface area contributed by atoms with E-state index >= 15 is 0 Å². The van der Waals surface area contributed by atoms with Crippen LogP contribution < -0.4 is 19.7 Å². The minimum absolute atomic E-state index is 0.251. The molecule has 0 saturated carbocycles. The van der Waals surface area contributed by atoms with Crippen LogP contribution in [0.3, 0.4) is 0 Å². The number of amides is 2. The maximum Gasteiger partial charge on any atom is 0.573 e. The van der Waals surface area contributed by atoms with Crippen LogP contribution in [0.15, 0.2) is 78.0 Å². The number of hydrogen-bond donors (Lipinski definition) is 1. The molecule has 0 aliphatic carbocycles. The van der Waals surface area contributed by atoms with Crippen molar-refractivity contribution in [3.05, 3.63) is 84.2 Å². The Kier molecular flexibility index (Phi) is 10.1. The van der Waals surface area contributed by atoms with Crippen LogP contribution in [0.25, 0.3) is 17.1 Å². The van der Waals surface area contributed by atoms with Gasteiger partial charge in [0, 0.05) is 36.2 Å².